The molecule has 1 saturated heterocycles. The van der Waals surface area contributed by atoms with E-state index in [0.717, 1.165) is 42.6 Å². The summed E-state index contributed by atoms with van der Waals surface area (Å²) < 4.78 is 2.00. The Morgan fingerprint density at radius 2 is 2.00 bits per heavy atom. The van der Waals surface area contributed by atoms with Crippen LogP contribution >= 0.6 is 23.4 Å². The molecule has 0 spiro atoms. The Hall–Kier alpha value is -2.38. The zero-order valence-corrected chi connectivity index (χ0v) is 20.2. The van der Waals surface area contributed by atoms with Gasteiger partial charge in [-0.3, -0.25) is 14.3 Å². The number of halogens is 1. The van der Waals surface area contributed by atoms with Gasteiger partial charge in [-0.05, 0) is 69.4 Å². The third kappa shape index (κ3) is 4.55. The van der Waals surface area contributed by atoms with Crippen LogP contribution in [0.15, 0.2) is 47.9 Å². The normalized spacial score (nSPS) is 17.4. The van der Waals surface area contributed by atoms with Crippen LogP contribution in [0.25, 0.3) is 17.1 Å². The molecule has 0 N–H and O–H groups in total. The summed E-state index contributed by atoms with van der Waals surface area (Å²) in [6.45, 7) is 6.94. The van der Waals surface area contributed by atoms with Crippen molar-refractivity contribution in [3.05, 3.63) is 53.3 Å². The molecule has 2 atom stereocenters. The lowest BCUT2D eigenvalue weighted by molar-refractivity contribution is -0.134. The maximum atomic E-state index is 13.3. The molecule has 6 nitrogen and oxygen atoms in total. The van der Waals surface area contributed by atoms with E-state index >= 15 is 0 Å². The van der Waals surface area contributed by atoms with Gasteiger partial charge in [0.25, 0.3) is 0 Å². The molecule has 0 saturated carbocycles. The van der Waals surface area contributed by atoms with E-state index in [9.17, 15) is 4.79 Å². The van der Waals surface area contributed by atoms with Crippen molar-refractivity contribution in [3.63, 3.8) is 0 Å². The van der Waals surface area contributed by atoms with E-state index in [1.54, 1.807) is 12.4 Å². The predicted molar refractivity (Wildman–Crippen MR) is 129 cm³/mol. The maximum absolute atomic E-state index is 13.3. The highest BCUT2D eigenvalue weighted by Crippen LogP contribution is 2.34. The van der Waals surface area contributed by atoms with Crippen LogP contribution in [-0.2, 0) is 4.79 Å². The van der Waals surface area contributed by atoms with Crippen molar-refractivity contribution in [1.29, 1.82) is 0 Å². The highest BCUT2D eigenvalue weighted by molar-refractivity contribution is 8.00. The molecule has 3 aromatic rings. The van der Waals surface area contributed by atoms with Crippen LogP contribution in [0.5, 0.6) is 0 Å². The number of hydrogen-bond donors (Lipinski definition) is 0. The number of hydrogen-bond acceptors (Lipinski definition) is 5. The van der Waals surface area contributed by atoms with Crippen molar-refractivity contribution >= 4 is 29.3 Å². The van der Waals surface area contributed by atoms with Gasteiger partial charge in [0, 0.05) is 35.6 Å². The van der Waals surface area contributed by atoms with Crippen LogP contribution < -0.4 is 0 Å². The van der Waals surface area contributed by atoms with Gasteiger partial charge in [-0.1, -0.05) is 36.4 Å². The summed E-state index contributed by atoms with van der Waals surface area (Å²) in [5, 5.41) is 10.1. The lowest BCUT2D eigenvalue weighted by Crippen LogP contribution is -2.46. The minimum absolute atomic E-state index is 0.171. The van der Waals surface area contributed by atoms with Crippen molar-refractivity contribution in [2.45, 2.75) is 62.9 Å². The quantitative estimate of drug-likeness (QED) is 0.442. The Morgan fingerprint density at radius 3 is 2.75 bits per heavy atom. The van der Waals surface area contributed by atoms with Gasteiger partial charge in [0.05, 0.1) is 10.9 Å². The molecule has 1 aliphatic heterocycles. The van der Waals surface area contributed by atoms with Crippen molar-refractivity contribution in [3.8, 4) is 17.1 Å². The summed E-state index contributed by atoms with van der Waals surface area (Å²) in [5.41, 5.74) is 2.74. The minimum atomic E-state index is -0.269. The van der Waals surface area contributed by atoms with Crippen LogP contribution in [0.2, 0.25) is 5.02 Å². The lowest BCUT2D eigenvalue weighted by Gasteiger charge is -2.36. The molecule has 1 amide bonds. The SMILES string of the molecule is CCC1CCCCN1C(=O)C(C)Sc1nnc(-c2ccncc2)n1-c1cccc(Cl)c1C. The number of likely N-dealkylation sites (tertiary alicyclic amines) is 1. The second kappa shape index (κ2) is 10.0. The van der Waals surface area contributed by atoms with Crippen LogP contribution in [-0.4, -0.2) is 48.4 Å². The maximum Gasteiger partial charge on any atom is 0.236 e. The third-order valence-corrected chi connectivity index (χ3v) is 7.50. The first-order valence-corrected chi connectivity index (χ1v) is 12.4. The molecule has 1 aliphatic rings. The minimum Gasteiger partial charge on any atom is -0.339 e. The smallest absolute Gasteiger partial charge is 0.236 e. The molecule has 1 aromatic carbocycles. The topological polar surface area (TPSA) is 63.9 Å². The van der Waals surface area contributed by atoms with E-state index in [2.05, 4.69) is 27.0 Å². The Morgan fingerprint density at radius 1 is 1.22 bits per heavy atom. The molecule has 0 bridgehead atoms. The highest BCUT2D eigenvalue weighted by atomic mass is 35.5. The van der Waals surface area contributed by atoms with Gasteiger partial charge in [-0.2, -0.15) is 0 Å². The van der Waals surface area contributed by atoms with Crippen LogP contribution in [0.4, 0.5) is 0 Å². The van der Waals surface area contributed by atoms with Gasteiger partial charge in [0.1, 0.15) is 0 Å². The monoisotopic (exact) mass is 469 g/mol. The van der Waals surface area contributed by atoms with Crippen molar-refractivity contribution in [1.82, 2.24) is 24.6 Å². The molecule has 32 heavy (non-hydrogen) atoms. The average molecular weight is 470 g/mol. The summed E-state index contributed by atoms with van der Waals surface area (Å²) in [7, 11) is 0. The van der Waals surface area contributed by atoms with Crippen molar-refractivity contribution in [2.75, 3.05) is 6.54 Å². The standard InChI is InChI=1S/C24H28ClN5OS/c1-4-19-8-5-6-15-29(19)23(31)17(3)32-24-28-27-22(18-11-13-26-14-12-18)30(24)21-10-7-9-20(25)16(21)2/h7,9-14,17,19H,4-6,8,15H2,1-3H3. The molecule has 0 radical (unpaired) electrons. The molecule has 4 rings (SSSR count). The molecule has 2 aromatic heterocycles. The summed E-state index contributed by atoms with van der Waals surface area (Å²) in [6.07, 6.45) is 7.82. The van der Waals surface area contributed by atoms with E-state index in [1.807, 2.05) is 48.7 Å². The summed E-state index contributed by atoms with van der Waals surface area (Å²) in [4.78, 5) is 19.5. The number of pyridine rings is 1. The fourth-order valence-corrected chi connectivity index (χ4v) is 5.35. The van der Waals surface area contributed by atoms with Crippen LogP contribution in [0, 0.1) is 6.92 Å². The van der Waals surface area contributed by atoms with Gasteiger partial charge < -0.3 is 4.90 Å². The number of rotatable bonds is 6. The van der Waals surface area contributed by atoms with E-state index in [0.29, 0.717) is 22.0 Å². The zero-order valence-electron chi connectivity index (χ0n) is 18.7. The molecule has 0 aliphatic carbocycles. The zero-order chi connectivity index (χ0) is 22.7. The number of piperidine rings is 1. The van der Waals surface area contributed by atoms with Gasteiger partial charge >= 0.3 is 0 Å². The first-order valence-electron chi connectivity index (χ1n) is 11.1. The second-order valence-electron chi connectivity index (χ2n) is 8.11. The largest absolute Gasteiger partial charge is 0.339 e. The highest BCUT2D eigenvalue weighted by Gasteiger charge is 2.30. The predicted octanol–water partition coefficient (Wildman–Crippen LogP) is 5.56. The number of nitrogens with zero attached hydrogens (tertiary/aromatic N) is 5. The summed E-state index contributed by atoms with van der Waals surface area (Å²) in [6, 6.07) is 9.94. The number of carbonyl (C=O) groups excluding carboxylic acids is 1. The Kier molecular flexibility index (Phi) is 7.16. The van der Waals surface area contributed by atoms with E-state index < -0.39 is 0 Å². The first kappa shape index (κ1) is 22.8. The molecular weight excluding hydrogens is 442 g/mol. The Balaban J connectivity index is 1.70. The number of benzene rings is 1. The van der Waals surface area contributed by atoms with Crippen LogP contribution in [0.3, 0.4) is 0 Å². The number of amides is 1. The number of thioether (sulfide) groups is 1. The Bertz CT molecular complexity index is 1090. The van der Waals surface area contributed by atoms with Gasteiger partial charge in [0.2, 0.25) is 5.91 Å². The number of aromatic nitrogens is 4. The van der Waals surface area contributed by atoms with Gasteiger partial charge in [-0.15, -0.1) is 10.2 Å². The number of carbonyl (C=O) groups is 1. The molecule has 2 unspecified atom stereocenters. The summed E-state index contributed by atoms with van der Waals surface area (Å²) in [5.74, 6) is 0.869. The third-order valence-electron chi connectivity index (χ3n) is 6.06. The first-order chi connectivity index (χ1) is 15.5. The summed E-state index contributed by atoms with van der Waals surface area (Å²) >= 11 is 7.89. The van der Waals surface area contributed by atoms with Crippen LogP contribution in [0.1, 0.15) is 45.1 Å². The molecule has 8 heteroatoms. The molecule has 3 heterocycles. The van der Waals surface area contributed by atoms with E-state index in [1.165, 1.54) is 18.2 Å². The van der Waals surface area contributed by atoms with E-state index in [-0.39, 0.29) is 11.2 Å². The average Bonchev–Trinajstić information content (AvgIpc) is 3.24. The Labute approximate surface area is 198 Å². The van der Waals surface area contributed by atoms with Crippen molar-refractivity contribution in [2.24, 2.45) is 0 Å². The fraction of sp³-hybridized carbons (Fsp3) is 0.417. The van der Waals surface area contributed by atoms with Gasteiger partial charge in [0.15, 0.2) is 11.0 Å². The van der Waals surface area contributed by atoms with Gasteiger partial charge in [-0.25, -0.2) is 0 Å². The lowest BCUT2D eigenvalue weighted by atomic mass is 10.00. The van der Waals surface area contributed by atoms with E-state index in [4.69, 9.17) is 11.6 Å². The fourth-order valence-electron chi connectivity index (χ4n) is 4.25. The molecular formula is C24H28ClN5OS. The second-order valence-corrected chi connectivity index (χ2v) is 9.83. The molecule has 1 fully saturated rings. The van der Waals surface area contributed by atoms with Crippen molar-refractivity contribution < 1.29 is 4.79 Å². The molecule has 168 valence electrons.